The summed E-state index contributed by atoms with van der Waals surface area (Å²) in [6.07, 6.45) is 8.09. The van der Waals surface area contributed by atoms with Crippen LogP contribution in [0.1, 0.15) is 85.0 Å². The van der Waals surface area contributed by atoms with Crippen LogP contribution in [0.4, 0.5) is 8.78 Å². The summed E-state index contributed by atoms with van der Waals surface area (Å²) in [4.78, 5) is 0. The van der Waals surface area contributed by atoms with E-state index in [9.17, 15) is 8.78 Å². The third kappa shape index (κ3) is 9.55. The molecule has 0 spiro atoms. The lowest BCUT2D eigenvalue weighted by molar-refractivity contribution is 0.0676. The standard InChI is InChI=1S/C15H30F2/c1-4-6-8-10-12-15(3,13-14(16)17)11-9-7-5-2/h14H,4-13H2,1-3H3. The van der Waals surface area contributed by atoms with Gasteiger partial charge in [-0.2, -0.15) is 0 Å². The number of alkyl halides is 2. The molecular weight excluding hydrogens is 218 g/mol. The van der Waals surface area contributed by atoms with Crippen LogP contribution in [0.2, 0.25) is 0 Å². The third-order valence-corrected chi connectivity index (χ3v) is 3.66. The second-order valence-electron chi connectivity index (χ2n) is 5.67. The van der Waals surface area contributed by atoms with Crippen LogP contribution in [0.5, 0.6) is 0 Å². The number of hydrogen-bond acceptors (Lipinski definition) is 0. The first-order valence-corrected chi connectivity index (χ1v) is 7.32. The lowest BCUT2D eigenvalue weighted by Crippen LogP contribution is -2.20. The van der Waals surface area contributed by atoms with Crippen LogP contribution in [0.15, 0.2) is 0 Å². The molecule has 0 aliphatic heterocycles. The molecule has 0 saturated heterocycles. The largest absolute Gasteiger partial charge is 0.239 e. The molecule has 0 aromatic carbocycles. The smallest absolute Gasteiger partial charge is 0.211 e. The van der Waals surface area contributed by atoms with E-state index < -0.39 is 6.43 Å². The highest BCUT2D eigenvalue weighted by Crippen LogP contribution is 2.36. The van der Waals surface area contributed by atoms with Gasteiger partial charge < -0.3 is 0 Å². The minimum atomic E-state index is -2.15. The Morgan fingerprint density at radius 3 is 1.76 bits per heavy atom. The van der Waals surface area contributed by atoms with Gasteiger partial charge in [0.05, 0.1) is 0 Å². The maximum Gasteiger partial charge on any atom is 0.239 e. The topological polar surface area (TPSA) is 0 Å². The first-order chi connectivity index (χ1) is 8.04. The first-order valence-electron chi connectivity index (χ1n) is 7.32. The molecule has 0 aliphatic carbocycles. The number of halogens is 2. The van der Waals surface area contributed by atoms with E-state index in [2.05, 4.69) is 20.8 Å². The summed E-state index contributed by atoms with van der Waals surface area (Å²) in [5.41, 5.74) is -0.128. The van der Waals surface area contributed by atoms with E-state index in [0.717, 1.165) is 25.7 Å². The minimum Gasteiger partial charge on any atom is -0.211 e. The number of rotatable bonds is 11. The zero-order valence-corrected chi connectivity index (χ0v) is 11.9. The van der Waals surface area contributed by atoms with Gasteiger partial charge in [0, 0.05) is 6.42 Å². The Labute approximate surface area is 106 Å². The summed E-state index contributed by atoms with van der Waals surface area (Å²) in [5, 5.41) is 0. The maximum absolute atomic E-state index is 12.6. The van der Waals surface area contributed by atoms with Crippen molar-refractivity contribution in [1.29, 1.82) is 0 Å². The zero-order chi connectivity index (χ0) is 13.1. The molecule has 0 rings (SSSR count). The van der Waals surface area contributed by atoms with Crippen LogP contribution in [0.3, 0.4) is 0 Å². The van der Waals surface area contributed by atoms with Gasteiger partial charge in [-0.25, -0.2) is 8.78 Å². The van der Waals surface area contributed by atoms with Crippen molar-refractivity contribution in [2.45, 2.75) is 91.4 Å². The molecule has 2 heteroatoms. The third-order valence-electron chi connectivity index (χ3n) is 3.66. The normalized spacial score (nSPS) is 15.2. The zero-order valence-electron chi connectivity index (χ0n) is 11.9. The summed E-state index contributed by atoms with van der Waals surface area (Å²) in [6, 6.07) is 0. The van der Waals surface area contributed by atoms with Crippen molar-refractivity contribution in [2.75, 3.05) is 0 Å². The highest BCUT2D eigenvalue weighted by Gasteiger charge is 2.27. The van der Waals surface area contributed by atoms with Gasteiger partial charge in [-0.1, -0.05) is 65.7 Å². The van der Waals surface area contributed by atoms with Gasteiger partial charge in [0.2, 0.25) is 6.43 Å². The molecular formula is C15H30F2. The predicted molar refractivity (Wildman–Crippen MR) is 71.6 cm³/mol. The summed E-state index contributed by atoms with van der Waals surface area (Å²) in [7, 11) is 0. The van der Waals surface area contributed by atoms with Gasteiger partial charge in [0.1, 0.15) is 0 Å². The number of unbranched alkanes of at least 4 members (excludes halogenated alkanes) is 5. The van der Waals surface area contributed by atoms with Crippen molar-refractivity contribution in [1.82, 2.24) is 0 Å². The SMILES string of the molecule is CCCCCCC(C)(CCCCC)CC(F)F. The van der Waals surface area contributed by atoms with Crippen LogP contribution in [-0.4, -0.2) is 6.43 Å². The van der Waals surface area contributed by atoms with Crippen molar-refractivity contribution in [3.05, 3.63) is 0 Å². The molecule has 17 heavy (non-hydrogen) atoms. The molecule has 0 aromatic rings. The fourth-order valence-electron chi connectivity index (χ4n) is 2.48. The van der Waals surface area contributed by atoms with E-state index in [-0.39, 0.29) is 11.8 Å². The average molecular weight is 248 g/mol. The molecule has 0 radical (unpaired) electrons. The predicted octanol–water partition coefficient (Wildman–Crippen LogP) is 6.20. The van der Waals surface area contributed by atoms with E-state index in [1.807, 2.05) is 0 Å². The van der Waals surface area contributed by atoms with Crippen molar-refractivity contribution in [3.63, 3.8) is 0 Å². The van der Waals surface area contributed by atoms with E-state index in [1.54, 1.807) is 0 Å². The Morgan fingerprint density at radius 2 is 1.29 bits per heavy atom. The van der Waals surface area contributed by atoms with E-state index in [4.69, 9.17) is 0 Å². The Bertz CT molecular complexity index is 168. The molecule has 0 amide bonds. The maximum atomic E-state index is 12.6. The molecule has 1 unspecified atom stereocenters. The van der Waals surface area contributed by atoms with Crippen LogP contribution in [-0.2, 0) is 0 Å². The summed E-state index contributed by atoms with van der Waals surface area (Å²) >= 11 is 0. The summed E-state index contributed by atoms with van der Waals surface area (Å²) in [5.74, 6) is 0. The van der Waals surface area contributed by atoms with Gasteiger partial charge in [-0.15, -0.1) is 0 Å². The van der Waals surface area contributed by atoms with E-state index in [0.29, 0.717) is 0 Å². The molecule has 0 aromatic heterocycles. The van der Waals surface area contributed by atoms with Gasteiger partial charge >= 0.3 is 0 Å². The molecule has 0 bridgehead atoms. The van der Waals surface area contributed by atoms with Crippen LogP contribution < -0.4 is 0 Å². The molecule has 0 heterocycles. The average Bonchev–Trinajstić information content (AvgIpc) is 2.24. The summed E-state index contributed by atoms with van der Waals surface area (Å²) < 4.78 is 25.2. The highest BCUT2D eigenvalue weighted by atomic mass is 19.3. The van der Waals surface area contributed by atoms with Crippen molar-refractivity contribution in [2.24, 2.45) is 5.41 Å². The first kappa shape index (κ1) is 16.9. The van der Waals surface area contributed by atoms with Crippen molar-refractivity contribution in [3.8, 4) is 0 Å². The summed E-state index contributed by atoms with van der Waals surface area (Å²) in [6.45, 7) is 6.39. The number of hydrogen-bond donors (Lipinski definition) is 0. The fraction of sp³-hybridized carbons (Fsp3) is 1.00. The molecule has 0 nitrogen and oxygen atoms in total. The lowest BCUT2D eigenvalue weighted by Gasteiger charge is -2.29. The monoisotopic (exact) mass is 248 g/mol. The van der Waals surface area contributed by atoms with Crippen LogP contribution >= 0.6 is 0 Å². The second-order valence-corrected chi connectivity index (χ2v) is 5.67. The van der Waals surface area contributed by atoms with E-state index in [1.165, 1.54) is 32.1 Å². The fourth-order valence-corrected chi connectivity index (χ4v) is 2.48. The molecule has 0 aliphatic rings. The van der Waals surface area contributed by atoms with Gasteiger partial charge in [-0.3, -0.25) is 0 Å². The van der Waals surface area contributed by atoms with Crippen molar-refractivity contribution >= 4 is 0 Å². The Hall–Kier alpha value is -0.140. The Balaban J connectivity index is 3.99. The lowest BCUT2D eigenvalue weighted by atomic mass is 9.77. The Morgan fingerprint density at radius 1 is 0.824 bits per heavy atom. The van der Waals surface area contributed by atoms with Gasteiger partial charge in [0.15, 0.2) is 0 Å². The molecule has 104 valence electrons. The van der Waals surface area contributed by atoms with Gasteiger partial charge in [0.25, 0.3) is 0 Å². The van der Waals surface area contributed by atoms with Crippen molar-refractivity contribution < 1.29 is 8.78 Å². The molecule has 0 N–H and O–H groups in total. The Kier molecular flexibility index (Phi) is 9.76. The second kappa shape index (κ2) is 9.85. The quantitative estimate of drug-likeness (QED) is 0.382. The van der Waals surface area contributed by atoms with Gasteiger partial charge in [-0.05, 0) is 18.3 Å². The highest BCUT2D eigenvalue weighted by molar-refractivity contribution is 4.75. The molecule has 0 saturated carbocycles. The van der Waals surface area contributed by atoms with Crippen LogP contribution in [0.25, 0.3) is 0 Å². The van der Waals surface area contributed by atoms with E-state index >= 15 is 0 Å². The minimum absolute atomic E-state index is 0.0862. The molecule has 0 fully saturated rings. The molecule has 1 atom stereocenters. The van der Waals surface area contributed by atoms with Crippen LogP contribution in [0, 0.1) is 5.41 Å².